The van der Waals surface area contributed by atoms with Gasteiger partial charge in [0.2, 0.25) is 0 Å². The van der Waals surface area contributed by atoms with Gasteiger partial charge in [-0.15, -0.1) is 0 Å². The molecule has 0 saturated heterocycles. The number of amides is 2. The quantitative estimate of drug-likeness (QED) is 0.723. The Labute approximate surface area is 124 Å². The maximum atomic E-state index is 11.7. The number of methoxy groups -OCH3 is 1. The van der Waals surface area contributed by atoms with Gasteiger partial charge in [-0.3, -0.25) is 0 Å². The second kappa shape index (κ2) is 8.66. The van der Waals surface area contributed by atoms with Gasteiger partial charge in [0.1, 0.15) is 5.75 Å². The Hall–Kier alpha value is -1.46. The van der Waals surface area contributed by atoms with Crippen molar-refractivity contribution >= 4 is 17.6 Å². The lowest BCUT2D eigenvalue weighted by Gasteiger charge is -2.14. The van der Waals surface area contributed by atoms with Crippen LogP contribution in [0.25, 0.3) is 0 Å². The number of rotatable bonds is 7. The SMILES string of the molecule is COc1ccc(CNC(=O)NC(C)CCCO)cc1Cl. The van der Waals surface area contributed by atoms with Gasteiger partial charge in [-0.2, -0.15) is 0 Å². The van der Waals surface area contributed by atoms with Crippen LogP contribution in [-0.4, -0.2) is 30.9 Å². The molecule has 2 amide bonds. The molecule has 1 aromatic carbocycles. The average molecular weight is 301 g/mol. The van der Waals surface area contributed by atoms with Crippen LogP contribution in [0.5, 0.6) is 5.75 Å². The topological polar surface area (TPSA) is 70.6 Å². The molecule has 0 aliphatic rings. The van der Waals surface area contributed by atoms with Crippen LogP contribution < -0.4 is 15.4 Å². The number of urea groups is 1. The van der Waals surface area contributed by atoms with Crippen LogP contribution in [0.1, 0.15) is 25.3 Å². The summed E-state index contributed by atoms with van der Waals surface area (Å²) >= 11 is 6.01. The molecule has 0 saturated carbocycles. The summed E-state index contributed by atoms with van der Waals surface area (Å²) in [5.41, 5.74) is 0.897. The Morgan fingerprint density at radius 2 is 2.25 bits per heavy atom. The van der Waals surface area contributed by atoms with Crippen molar-refractivity contribution in [2.45, 2.75) is 32.4 Å². The second-order valence-corrected chi connectivity index (χ2v) is 4.97. The molecule has 0 radical (unpaired) electrons. The molecule has 0 heterocycles. The minimum Gasteiger partial charge on any atom is -0.495 e. The van der Waals surface area contributed by atoms with Crippen LogP contribution in [0.4, 0.5) is 4.79 Å². The van der Waals surface area contributed by atoms with Gasteiger partial charge in [0.05, 0.1) is 12.1 Å². The highest BCUT2D eigenvalue weighted by molar-refractivity contribution is 6.32. The summed E-state index contributed by atoms with van der Waals surface area (Å²) in [7, 11) is 1.56. The number of hydrogen-bond donors (Lipinski definition) is 3. The smallest absolute Gasteiger partial charge is 0.315 e. The van der Waals surface area contributed by atoms with Crippen LogP contribution >= 0.6 is 11.6 Å². The number of aliphatic hydroxyl groups is 1. The van der Waals surface area contributed by atoms with E-state index in [1.54, 1.807) is 19.2 Å². The first kappa shape index (κ1) is 16.6. The van der Waals surface area contributed by atoms with Gasteiger partial charge in [0.25, 0.3) is 0 Å². The monoisotopic (exact) mass is 300 g/mol. The Morgan fingerprint density at radius 3 is 2.85 bits per heavy atom. The van der Waals surface area contributed by atoms with Crippen molar-refractivity contribution in [3.63, 3.8) is 0 Å². The van der Waals surface area contributed by atoms with Crippen molar-refractivity contribution in [3.8, 4) is 5.75 Å². The molecule has 3 N–H and O–H groups in total. The summed E-state index contributed by atoms with van der Waals surface area (Å²) in [6.07, 6.45) is 1.42. The minimum atomic E-state index is -0.234. The molecule has 1 aromatic rings. The first-order valence-electron chi connectivity index (χ1n) is 6.54. The lowest BCUT2D eigenvalue weighted by atomic mass is 10.2. The predicted octanol–water partition coefficient (Wildman–Crippen LogP) is 2.31. The molecule has 0 spiro atoms. The normalized spacial score (nSPS) is 11.8. The summed E-state index contributed by atoms with van der Waals surface area (Å²) in [4.78, 5) is 11.7. The van der Waals surface area contributed by atoms with Crippen molar-refractivity contribution in [1.29, 1.82) is 0 Å². The summed E-state index contributed by atoms with van der Waals surface area (Å²) in [5, 5.41) is 14.8. The van der Waals surface area contributed by atoms with Crippen LogP contribution in [0, 0.1) is 0 Å². The maximum absolute atomic E-state index is 11.7. The summed E-state index contributed by atoms with van der Waals surface area (Å²) in [6.45, 7) is 2.43. The van der Waals surface area contributed by atoms with Crippen molar-refractivity contribution in [2.75, 3.05) is 13.7 Å². The highest BCUT2D eigenvalue weighted by Crippen LogP contribution is 2.24. The minimum absolute atomic E-state index is 0.0293. The number of ether oxygens (including phenoxy) is 1. The van der Waals surface area contributed by atoms with E-state index in [4.69, 9.17) is 21.4 Å². The fourth-order valence-corrected chi connectivity index (χ4v) is 2.03. The number of halogens is 1. The van der Waals surface area contributed by atoms with Gasteiger partial charge < -0.3 is 20.5 Å². The van der Waals surface area contributed by atoms with Gasteiger partial charge in [0.15, 0.2) is 0 Å². The van der Waals surface area contributed by atoms with Gasteiger partial charge in [-0.1, -0.05) is 17.7 Å². The van der Waals surface area contributed by atoms with E-state index < -0.39 is 0 Å². The predicted molar refractivity (Wildman–Crippen MR) is 79.2 cm³/mol. The van der Waals surface area contributed by atoms with Crippen molar-refractivity contribution in [1.82, 2.24) is 10.6 Å². The Bertz CT molecular complexity index is 440. The number of carbonyl (C=O) groups is 1. The van der Waals surface area contributed by atoms with E-state index in [0.29, 0.717) is 23.7 Å². The Balaban J connectivity index is 2.39. The van der Waals surface area contributed by atoms with Crippen molar-refractivity contribution in [3.05, 3.63) is 28.8 Å². The molecule has 5 nitrogen and oxygen atoms in total. The standard InChI is InChI=1S/C14H21ClN2O3/c1-10(4-3-7-18)17-14(19)16-9-11-5-6-13(20-2)12(15)8-11/h5-6,8,10,18H,3-4,7,9H2,1-2H3,(H2,16,17,19). The zero-order valence-electron chi connectivity index (χ0n) is 11.8. The lowest BCUT2D eigenvalue weighted by molar-refractivity contribution is 0.234. The van der Waals surface area contributed by atoms with Gasteiger partial charge in [-0.25, -0.2) is 4.79 Å². The Morgan fingerprint density at radius 1 is 1.50 bits per heavy atom. The van der Waals surface area contributed by atoms with E-state index in [2.05, 4.69) is 10.6 Å². The zero-order valence-corrected chi connectivity index (χ0v) is 12.5. The first-order valence-corrected chi connectivity index (χ1v) is 6.92. The third-order valence-electron chi connectivity index (χ3n) is 2.84. The zero-order chi connectivity index (χ0) is 15.0. The molecule has 1 unspecified atom stereocenters. The van der Waals surface area contributed by atoms with Crippen LogP contribution in [0.3, 0.4) is 0 Å². The molecule has 0 aromatic heterocycles. The fourth-order valence-electron chi connectivity index (χ4n) is 1.75. The number of benzene rings is 1. The molecule has 6 heteroatoms. The van der Waals surface area contributed by atoms with E-state index in [1.165, 1.54) is 0 Å². The lowest BCUT2D eigenvalue weighted by Crippen LogP contribution is -2.40. The first-order chi connectivity index (χ1) is 9.56. The molecule has 20 heavy (non-hydrogen) atoms. The highest BCUT2D eigenvalue weighted by Gasteiger charge is 2.07. The van der Waals surface area contributed by atoms with Crippen LogP contribution in [0.15, 0.2) is 18.2 Å². The Kier molecular flexibility index (Phi) is 7.18. The van der Waals surface area contributed by atoms with Crippen molar-refractivity contribution < 1.29 is 14.6 Å². The third-order valence-corrected chi connectivity index (χ3v) is 3.14. The van der Waals surface area contributed by atoms with E-state index in [0.717, 1.165) is 12.0 Å². The third kappa shape index (κ3) is 5.67. The van der Waals surface area contributed by atoms with Crippen molar-refractivity contribution in [2.24, 2.45) is 0 Å². The second-order valence-electron chi connectivity index (χ2n) is 4.56. The number of aliphatic hydroxyl groups excluding tert-OH is 1. The summed E-state index contributed by atoms with van der Waals surface area (Å²) in [5.74, 6) is 0.609. The summed E-state index contributed by atoms with van der Waals surface area (Å²) in [6, 6.07) is 5.17. The molecule has 0 aliphatic heterocycles. The molecule has 0 fully saturated rings. The fraction of sp³-hybridized carbons (Fsp3) is 0.500. The van der Waals surface area contributed by atoms with Crippen LogP contribution in [0.2, 0.25) is 5.02 Å². The van der Waals surface area contributed by atoms with Gasteiger partial charge >= 0.3 is 6.03 Å². The summed E-state index contributed by atoms with van der Waals surface area (Å²) < 4.78 is 5.06. The van der Waals surface area contributed by atoms with Gasteiger partial charge in [-0.05, 0) is 37.5 Å². The largest absolute Gasteiger partial charge is 0.495 e. The molecular weight excluding hydrogens is 280 g/mol. The maximum Gasteiger partial charge on any atom is 0.315 e. The number of nitrogens with one attached hydrogen (secondary N) is 2. The van der Waals surface area contributed by atoms with Crippen LogP contribution in [-0.2, 0) is 6.54 Å². The van der Waals surface area contributed by atoms with E-state index in [-0.39, 0.29) is 18.7 Å². The highest BCUT2D eigenvalue weighted by atomic mass is 35.5. The number of hydrogen-bond acceptors (Lipinski definition) is 3. The molecule has 1 atom stereocenters. The molecule has 112 valence electrons. The molecule has 0 bridgehead atoms. The van der Waals surface area contributed by atoms with E-state index in [1.807, 2.05) is 13.0 Å². The molecule has 0 aliphatic carbocycles. The average Bonchev–Trinajstić information content (AvgIpc) is 2.43. The number of carbonyl (C=O) groups excluding carboxylic acids is 1. The van der Waals surface area contributed by atoms with E-state index >= 15 is 0 Å². The van der Waals surface area contributed by atoms with Gasteiger partial charge in [0, 0.05) is 19.2 Å². The molecule has 1 rings (SSSR count). The molecular formula is C14H21ClN2O3. The van der Waals surface area contributed by atoms with E-state index in [9.17, 15) is 4.79 Å².